The molecular formula is C16H22N2O2S. The van der Waals surface area contributed by atoms with Crippen molar-refractivity contribution in [2.24, 2.45) is 17.6 Å². The Labute approximate surface area is 127 Å². The van der Waals surface area contributed by atoms with Crippen LogP contribution in [0.15, 0.2) is 23.1 Å². The summed E-state index contributed by atoms with van der Waals surface area (Å²) in [4.78, 5) is 0.354. The Morgan fingerprint density at radius 3 is 2.48 bits per heavy atom. The molecule has 1 heterocycles. The fourth-order valence-corrected chi connectivity index (χ4v) is 4.41. The SMILES string of the molecule is Cc1ccc(C#CCN)cc1S(=O)(=O)N1CC(C)C(C)C1. The monoisotopic (exact) mass is 306 g/mol. The minimum atomic E-state index is -3.45. The predicted octanol–water partition coefficient (Wildman–Crippen LogP) is 1.58. The highest BCUT2D eigenvalue weighted by molar-refractivity contribution is 7.89. The lowest BCUT2D eigenvalue weighted by molar-refractivity contribution is 0.463. The molecule has 5 heteroatoms. The van der Waals surface area contributed by atoms with E-state index >= 15 is 0 Å². The van der Waals surface area contributed by atoms with E-state index in [-0.39, 0.29) is 6.54 Å². The van der Waals surface area contributed by atoms with Gasteiger partial charge in [-0.05, 0) is 36.5 Å². The van der Waals surface area contributed by atoms with Gasteiger partial charge in [0.2, 0.25) is 10.0 Å². The first-order valence-electron chi connectivity index (χ1n) is 7.16. The summed E-state index contributed by atoms with van der Waals surface area (Å²) in [5.41, 5.74) is 6.80. The molecule has 0 radical (unpaired) electrons. The predicted molar refractivity (Wildman–Crippen MR) is 84.2 cm³/mol. The third-order valence-electron chi connectivity index (χ3n) is 4.10. The minimum Gasteiger partial charge on any atom is -0.320 e. The third-order valence-corrected chi connectivity index (χ3v) is 6.07. The zero-order chi connectivity index (χ0) is 15.6. The second kappa shape index (κ2) is 6.18. The highest BCUT2D eigenvalue weighted by Gasteiger charge is 2.35. The average molecular weight is 306 g/mol. The van der Waals surface area contributed by atoms with Gasteiger partial charge in [0.25, 0.3) is 0 Å². The molecule has 0 spiro atoms. The quantitative estimate of drug-likeness (QED) is 0.844. The maximum absolute atomic E-state index is 12.8. The Hall–Kier alpha value is -1.35. The first-order valence-corrected chi connectivity index (χ1v) is 8.60. The molecule has 2 rings (SSSR count). The lowest BCUT2D eigenvalue weighted by Crippen LogP contribution is -2.29. The van der Waals surface area contributed by atoms with E-state index in [0.717, 1.165) is 5.56 Å². The van der Waals surface area contributed by atoms with Crippen molar-refractivity contribution in [3.8, 4) is 11.8 Å². The number of benzene rings is 1. The number of nitrogens with zero attached hydrogens (tertiary/aromatic N) is 1. The molecule has 0 aromatic heterocycles. The summed E-state index contributed by atoms with van der Waals surface area (Å²) < 4.78 is 27.2. The lowest BCUT2D eigenvalue weighted by Gasteiger charge is -2.18. The Balaban J connectivity index is 2.40. The summed E-state index contributed by atoms with van der Waals surface area (Å²) in [6, 6.07) is 5.28. The normalized spacial score (nSPS) is 22.9. The molecule has 0 saturated carbocycles. The molecule has 2 unspecified atom stereocenters. The van der Waals surface area contributed by atoms with E-state index in [2.05, 4.69) is 25.7 Å². The van der Waals surface area contributed by atoms with E-state index in [4.69, 9.17) is 5.73 Å². The van der Waals surface area contributed by atoms with Gasteiger partial charge in [-0.25, -0.2) is 8.42 Å². The number of hydrogen-bond donors (Lipinski definition) is 1. The Bertz CT molecular complexity index is 676. The van der Waals surface area contributed by atoms with Crippen molar-refractivity contribution in [1.82, 2.24) is 4.31 Å². The van der Waals surface area contributed by atoms with Crippen LogP contribution in [0.1, 0.15) is 25.0 Å². The highest BCUT2D eigenvalue weighted by Crippen LogP contribution is 2.29. The van der Waals surface area contributed by atoms with Crippen molar-refractivity contribution < 1.29 is 8.42 Å². The third kappa shape index (κ3) is 3.29. The van der Waals surface area contributed by atoms with Crippen molar-refractivity contribution in [3.63, 3.8) is 0 Å². The standard InChI is InChI=1S/C16H22N2O2S/c1-12-6-7-15(5-4-8-17)9-16(12)21(19,20)18-10-13(2)14(3)11-18/h6-7,9,13-14H,8,10-11,17H2,1-3H3. The molecule has 0 bridgehead atoms. The fraction of sp³-hybridized carbons (Fsp3) is 0.500. The van der Waals surface area contributed by atoms with E-state index in [1.165, 1.54) is 0 Å². The summed E-state index contributed by atoms with van der Waals surface area (Å²) in [5.74, 6) is 6.43. The summed E-state index contributed by atoms with van der Waals surface area (Å²) in [5, 5.41) is 0. The van der Waals surface area contributed by atoms with Crippen LogP contribution in [0.25, 0.3) is 0 Å². The molecule has 2 atom stereocenters. The number of rotatable bonds is 2. The van der Waals surface area contributed by atoms with Gasteiger partial charge in [0.05, 0.1) is 11.4 Å². The number of nitrogens with two attached hydrogens (primary N) is 1. The number of aryl methyl sites for hydroxylation is 1. The molecule has 21 heavy (non-hydrogen) atoms. The molecule has 1 aromatic rings. The second-order valence-electron chi connectivity index (χ2n) is 5.76. The molecule has 1 fully saturated rings. The zero-order valence-electron chi connectivity index (χ0n) is 12.8. The van der Waals surface area contributed by atoms with Crippen molar-refractivity contribution in [2.75, 3.05) is 19.6 Å². The van der Waals surface area contributed by atoms with E-state index in [1.807, 2.05) is 13.0 Å². The Morgan fingerprint density at radius 2 is 1.90 bits per heavy atom. The zero-order valence-corrected chi connectivity index (χ0v) is 13.6. The summed E-state index contributed by atoms with van der Waals surface area (Å²) in [6.07, 6.45) is 0. The summed E-state index contributed by atoms with van der Waals surface area (Å²) in [7, 11) is -3.45. The van der Waals surface area contributed by atoms with Gasteiger partial charge >= 0.3 is 0 Å². The van der Waals surface area contributed by atoms with Crippen LogP contribution in [0.3, 0.4) is 0 Å². The molecule has 1 saturated heterocycles. The summed E-state index contributed by atoms with van der Waals surface area (Å²) >= 11 is 0. The van der Waals surface area contributed by atoms with Crippen LogP contribution in [-0.4, -0.2) is 32.4 Å². The van der Waals surface area contributed by atoms with Crippen LogP contribution in [-0.2, 0) is 10.0 Å². The van der Waals surface area contributed by atoms with Crippen LogP contribution in [0.5, 0.6) is 0 Å². The van der Waals surface area contributed by atoms with Crippen molar-refractivity contribution >= 4 is 10.0 Å². The van der Waals surface area contributed by atoms with Crippen LogP contribution < -0.4 is 5.73 Å². The largest absolute Gasteiger partial charge is 0.320 e. The molecule has 1 aliphatic rings. The van der Waals surface area contributed by atoms with Gasteiger partial charge in [0.15, 0.2) is 0 Å². The van der Waals surface area contributed by atoms with Crippen LogP contribution in [0, 0.1) is 30.6 Å². The van der Waals surface area contributed by atoms with E-state index < -0.39 is 10.0 Å². The molecule has 4 nitrogen and oxygen atoms in total. The topological polar surface area (TPSA) is 63.4 Å². The first kappa shape index (κ1) is 16.0. The number of hydrogen-bond acceptors (Lipinski definition) is 3. The van der Waals surface area contributed by atoms with E-state index in [9.17, 15) is 8.42 Å². The van der Waals surface area contributed by atoms with Crippen LogP contribution in [0.4, 0.5) is 0 Å². The van der Waals surface area contributed by atoms with Crippen molar-refractivity contribution in [3.05, 3.63) is 29.3 Å². The maximum Gasteiger partial charge on any atom is 0.243 e. The first-order chi connectivity index (χ1) is 9.86. The molecule has 114 valence electrons. The molecule has 0 amide bonds. The van der Waals surface area contributed by atoms with Gasteiger partial charge in [-0.2, -0.15) is 4.31 Å². The van der Waals surface area contributed by atoms with Gasteiger partial charge in [-0.3, -0.25) is 0 Å². The summed E-state index contributed by atoms with van der Waals surface area (Å²) in [6.45, 7) is 7.43. The molecule has 0 aliphatic carbocycles. The Kier molecular flexibility index (Phi) is 4.72. The van der Waals surface area contributed by atoms with E-state index in [0.29, 0.717) is 35.4 Å². The van der Waals surface area contributed by atoms with Crippen LogP contribution >= 0.6 is 0 Å². The van der Waals surface area contributed by atoms with Gasteiger partial charge in [-0.1, -0.05) is 31.8 Å². The van der Waals surface area contributed by atoms with Crippen molar-refractivity contribution in [1.29, 1.82) is 0 Å². The fourth-order valence-electron chi connectivity index (χ4n) is 2.52. The average Bonchev–Trinajstić information content (AvgIpc) is 2.78. The van der Waals surface area contributed by atoms with E-state index in [1.54, 1.807) is 16.4 Å². The van der Waals surface area contributed by atoms with Crippen LogP contribution in [0.2, 0.25) is 0 Å². The van der Waals surface area contributed by atoms with Gasteiger partial charge in [-0.15, -0.1) is 0 Å². The van der Waals surface area contributed by atoms with Crippen molar-refractivity contribution in [2.45, 2.75) is 25.7 Å². The van der Waals surface area contributed by atoms with Gasteiger partial charge in [0.1, 0.15) is 0 Å². The van der Waals surface area contributed by atoms with Gasteiger partial charge in [0, 0.05) is 18.7 Å². The second-order valence-corrected chi connectivity index (χ2v) is 7.67. The molecule has 1 aromatic carbocycles. The smallest absolute Gasteiger partial charge is 0.243 e. The molecule has 2 N–H and O–H groups in total. The maximum atomic E-state index is 12.8. The molecular weight excluding hydrogens is 284 g/mol. The highest BCUT2D eigenvalue weighted by atomic mass is 32.2. The Morgan fingerprint density at radius 1 is 1.29 bits per heavy atom. The van der Waals surface area contributed by atoms with Gasteiger partial charge < -0.3 is 5.73 Å². The minimum absolute atomic E-state index is 0.261. The lowest BCUT2D eigenvalue weighted by atomic mass is 10.0. The number of sulfonamides is 1. The molecule has 1 aliphatic heterocycles.